The number of aliphatic hydroxyl groups is 4. The molecule has 0 spiro atoms. The van der Waals surface area contributed by atoms with E-state index in [1.807, 2.05) is 18.2 Å². The average Bonchev–Trinajstić information content (AvgIpc) is 3.74. The van der Waals surface area contributed by atoms with E-state index in [2.05, 4.69) is 39.9 Å². The second kappa shape index (κ2) is 20.1. The van der Waals surface area contributed by atoms with Crippen LogP contribution in [0.1, 0.15) is 93.2 Å². The Morgan fingerprint density at radius 3 is 2.59 bits per heavy atom. The zero-order valence-corrected chi connectivity index (χ0v) is 33.7. The van der Waals surface area contributed by atoms with Crippen LogP contribution in [-0.4, -0.2) is 104 Å². The van der Waals surface area contributed by atoms with Crippen molar-refractivity contribution in [3.05, 3.63) is 77.0 Å². The van der Waals surface area contributed by atoms with Gasteiger partial charge in [-0.05, 0) is 128 Å². The van der Waals surface area contributed by atoms with Crippen molar-refractivity contribution in [3.63, 3.8) is 0 Å². The molecule has 0 radical (unpaired) electrons. The molecule has 10 atom stereocenters. The molecule has 14 heteroatoms. The maximum atomic E-state index is 12.7. The first-order valence-electron chi connectivity index (χ1n) is 21.2. The summed E-state index contributed by atoms with van der Waals surface area (Å²) in [5.41, 5.74) is 15.2. The van der Waals surface area contributed by atoms with Crippen molar-refractivity contribution in [1.29, 1.82) is 0 Å². The van der Waals surface area contributed by atoms with Gasteiger partial charge >= 0.3 is 5.97 Å². The summed E-state index contributed by atoms with van der Waals surface area (Å²) in [6, 6.07) is 12.3. The molecule has 0 bridgehead atoms. The number of nitrogens with one attached hydrogen (secondary N) is 3. The van der Waals surface area contributed by atoms with E-state index in [1.165, 1.54) is 17.2 Å². The highest BCUT2D eigenvalue weighted by Gasteiger charge is 2.52. The predicted octanol–water partition coefficient (Wildman–Crippen LogP) is 3.45. The summed E-state index contributed by atoms with van der Waals surface area (Å²) in [6.07, 6.45) is 11.6. The smallest absolute Gasteiger partial charge is 0.328 e. The number of carbonyl (C=O) groups is 3. The molecule has 3 aliphatic rings. The maximum absolute atomic E-state index is 12.7. The number of H-pyrrole nitrogens is 1. The molecule has 3 aromatic rings. The summed E-state index contributed by atoms with van der Waals surface area (Å²) in [5, 5.41) is 60.8. The van der Waals surface area contributed by atoms with Crippen molar-refractivity contribution in [2.75, 3.05) is 18.5 Å². The number of carboxylic acid groups (broad SMARTS) is 1. The summed E-state index contributed by atoms with van der Waals surface area (Å²) in [5.74, 6) is -0.801. The molecule has 1 aliphatic heterocycles. The van der Waals surface area contributed by atoms with Crippen molar-refractivity contribution >= 4 is 41.1 Å². The molecule has 0 unspecified atom stereocenters. The molecule has 59 heavy (non-hydrogen) atoms. The molecule has 2 heterocycles. The molecule has 1 aromatic heterocycles. The molecule has 12 N–H and O–H groups in total. The predicted molar refractivity (Wildman–Crippen MR) is 227 cm³/mol. The molecule has 2 aliphatic carbocycles. The van der Waals surface area contributed by atoms with Crippen molar-refractivity contribution in [3.8, 4) is 0 Å². The van der Waals surface area contributed by atoms with E-state index in [1.54, 1.807) is 6.20 Å². The topological polar surface area (TPSA) is 257 Å². The Bertz CT molecular complexity index is 1950. The van der Waals surface area contributed by atoms with E-state index in [0.717, 1.165) is 61.0 Å². The van der Waals surface area contributed by atoms with Crippen LogP contribution in [-0.2, 0) is 27.2 Å². The van der Waals surface area contributed by atoms with E-state index in [9.17, 15) is 39.9 Å². The average molecular weight is 815 g/mol. The lowest BCUT2D eigenvalue weighted by atomic mass is 9.66. The number of nitrogens with zero attached hydrogens (tertiary/aromatic N) is 1. The monoisotopic (exact) mass is 814 g/mol. The van der Waals surface area contributed by atoms with Gasteiger partial charge in [0.25, 0.3) is 0 Å². The second-order valence-electron chi connectivity index (χ2n) is 17.1. The number of guanidine groups is 1. The van der Waals surface area contributed by atoms with Gasteiger partial charge in [0.05, 0.1) is 24.7 Å². The number of aliphatic hydroxyl groups excluding tert-OH is 3. The van der Waals surface area contributed by atoms with Crippen LogP contribution in [0.3, 0.4) is 0 Å². The van der Waals surface area contributed by atoms with Crippen LogP contribution in [0.15, 0.2) is 65.3 Å². The third-order valence-electron chi connectivity index (χ3n) is 13.2. The number of anilines is 1. The van der Waals surface area contributed by atoms with E-state index in [0.29, 0.717) is 56.3 Å². The molecule has 2 aromatic carbocycles. The molecule has 0 saturated heterocycles. The van der Waals surface area contributed by atoms with Crippen LogP contribution in [0, 0.1) is 17.8 Å². The van der Waals surface area contributed by atoms with Gasteiger partial charge in [-0.15, -0.1) is 0 Å². The Kier molecular flexibility index (Phi) is 15.0. The van der Waals surface area contributed by atoms with E-state index < -0.39 is 48.3 Å². The molecule has 1 fully saturated rings. The Hall–Kier alpha value is -4.60. The fraction of sp³-hybridized carbons (Fsp3) is 0.556. The van der Waals surface area contributed by atoms with Gasteiger partial charge in [0, 0.05) is 43.2 Å². The minimum atomic E-state index is -1.74. The molecular formula is C45H62N6O8. The minimum absolute atomic E-state index is 0.0156. The Balaban J connectivity index is 1.33. The minimum Gasteiger partial charge on any atom is -0.478 e. The van der Waals surface area contributed by atoms with Crippen LogP contribution in [0.5, 0.6) is 0 Å². The lowest BCUT2D eigenvalue weighted by Crippen LogP contribution is -2.67. The van der Waals surface area contributed by atoms with Gasteiger partial charge in [0.2, 0.25) is 0 Å². The van der Waals surface area contributed by atoms with Crippen molar-refractivity contribution in [2.24, 2.45) is 34.2 Å². The molecule has 14 nitrogen and oxygen atoms in total. The number of hydrogen-bond donors (Lipinski definition) is 10. The van der Waals surface area contributed by atoms with Crippen LogP contribution in [0.4, 0.5) is 5.82 Å². The highest BCUT2D eigenvalue weighted by atomic mass is 16.4. The lowest BCUT2D eigenvalue weighted by Gasteiger charge is -2.49. The van der Waals surface area contributed by atoms with E-state index in [4.69, 9.17) is 16.5 Å². The van der Waals surface area contributed by atoms with E-state index in [-0.39, 0.29) is 42.8 Å². The Morgan fingerprint density at radius 2 is 1.88 bits per heavy atom. The number of carbonyl (C=O) groups excluding carboxylic acids is 2. The number of aliphatic imine (C=N–C) groups is 1. The van der Waals surface area contributed by atoms with Crippen LogP contribution >= 0.6 is 0 Å². The summed E-state index contributed by atoms with van der Waals surface area (Å²) in [6.45, 7) is -0.579. The number of aromatic nitrogens is 1. The largest absolute Gasteiger partial charge is 0.478 e. The van der Waals surface area contributed by atoms with E-state index >= 15 is 0 Å². The Morgan fingerprint density at radius 1 is 1.05 bits per heavy atom. The van der Waals surface area contributed by atoms with Crippen molar-refractivity contribution in [1.82, 2.24) is 10.3 Å². The van der Waals surface area contributed by atoms with Gasteiger partial charge < -0.3 is 62.2 Å². The molecule has 6 rings (SSSR count). The summed E-state index contributed by atoms with van der Waals surface area (Å²) in [4.78, 5) is 43.8. The van der Waals surface area contributed by atoms with Gasteiger partial charge in [0.1, 0.15) is 30.1 Å². The first-order chi connectivity index (χ1) is 28.5. The molecule has 1 saturated carbocycles. The number of benzene rings is 2. The molecular weight excluding hydrogens is 753 g/mol. The normalized spacial score (nSPS) is 27.1. The lowest BCUT2D eigenvalue weighted by molar-refractivity contribution is -0.149. The number of nitrogens with two attached hydrogens (primary N) is 2. The third-order valence-corrected chi connectivity index (χ3v) is 13.2. The van der Waals surface area contributed by atoms with Crippen molar-refractivity contribution < 1.29 is 39.9 Å². The zero-order valence-electron chi connectivity index (χ0n) is 33.7. The number of hydrogen-bond acceptors (Lipinski definition) is 12. The number of carboxylic acids is 1. The highest BCUT2D eigenvalue weighted by molar-refractivity contribution is 5.86. The molecule has 320 valence electrons. The van der Waals surface area contributed by atoms with Crippen LogP contribution in [0.2, 0.25) is 0 Å². The number of fused-ring (bicyclic) bond motifs is 3. The number of aldehydes is 2. The third kappa shape index (κ3) is 10.6. The molecule has 0 amide bonds. The Labute approximate surface area is 345 Å². The standard InChI is InChI=1S/C45H62N6O8/c46-33(13-9-28(25-54)4-3-18-52)5-1-6-34-31(12-11-30-21-29-10-8-27(15-19-53)20-32(29)22-36(30)34)23-38(49-39-7-2-17-48-39)37(24-40(56)57)41-35-14-16-45(59,26-55)43(58)42(35)51-44(47)50-41/h2,7-8,10,17,19-22,24-25,28,31,33-35,38,41-43,48-49,52,55,58-59H,1,3-6,9,11-16,18,23,26,46H2,(H,56,57)(H3,47,50,51)/b37-24-/t28-,31-,33-,34-,35-,38-,41+,42+,43+,45+/m1/s1. The fourth-order valence-corrected chi connectivity index (χ4v) is 10.00. The number of aryl methyl sites for hydroxylation is 1. The van der Waals surface area contributed by atoms with Gasteiger partial charge in [-0.1, -0.05) is 36.8 Å². The van der Waals surface area contributed by atoms with Gasteiger partial charge in [0.15, 0.2) is 5.96 Å². The first kappa shape index (κ1) is 44.0. The van der Waals surface area contributed by atoms with Gasteiger partial charge in [-0.25, -0.2) is 9.79 Å². The highest BCUT2D eigenvalue weighted by Crippen LogP contribution is 2.46. The SMILES string of the molecule is NC1=N[C@H](/C(=C\C(=O)O)[C@@H](C[C@H]2CCc3cc4ccc(CC=O)cc4cc3[C@@H]2CCC[C@@H](N)CC[C@H](C=O)CCCO)Nc2ccc[nH]2)[C@H]2CC[C@](O)(CO)[C@@H](O)[C@H]2N1. The van der Waals surface area contributed by atoms with Gasteiger partial charge in [-0.3, -0.25) is 0 Å². The number of rotatable bonds is 21. The number of aromatic amines is 1. The van der Waals surface area contributed by atoms with Crippen LogP contribution in [0.25, 0.3) is 10.8 Å². The maximum Gasteiger partial charge on any atom is 0.328 e. The first-order valence-corrected chi connectivity index (χ1v) is 21.2. The summed E-state index contributed by atoms with van der Waals surface area (Å²) >= 11 is 0. The number of aliphatic carboxylic acids is 1. The summed E-state index contributed by atoms with van der Waals surface area (Å²) in [7, 11) is 0. The van der Waals surface area contributed by atoms with Crippen molar-refractivity contribution in [2.45, 2.75) is 125 Å². The summed E-state index contributed by atoms with van der Waals surface area (Å²) < 4.78 is 0. The fourth-order valence-electron chi connectivity index (χ4n) is 10.00. The zero-order chi connectivity index (χ0) is 42.1. The second-order valence-corrected chi connectivity index (χ2v) is 17.1. The van der Waals surface area contributed by atoms with Crippen LogP contribution < -0.4 is 22.1 Å². The van der Waals surface area contributed by atoms with Gasteiger partial charge in [-0.2, -0.15) is 0 Å². The quantitative estimate of drug-likeness (QED) is 0.0548.